The highest BCUT2D eigenvalue weighted by atomic mass is 16.3. The lowest BCUT2D eigenvalue weighted by Gasteiger charge is -2.18. The largest absolute Gasteiger partial charge is 0.387 e. The Morgan fingerprint density at radius 3 is 2.52 bits per heavy atom. The minimum absolute atomic E-state index is 0.0819. The van der Waals surface area contributed by atoms with Gasteiger partial charge in [0.2, 0.25) is 0 Å². The van der Waals surface area contributed by atoms with Crippen LogP contribution in [-0.4, -0.2) is 11.7 Å². The fourth-order valence-electron chi connectivity index (χ4n) is 2.19. The maximum Gasteiger partial charge on any atom is 0.0991 e. The van der Waals surface area contributed by atoms with Gasteiger partial charge >= 0.3 is 0 Å². The second kappa shape index (κ2) is 7.03. The third-order valence-corrected chi connectivity index (χ3v) is 3.60. The van der Waals surface area contributed by atoms with Crippen LogP contribution in [0.1, 0.15) is 41.3 Å². The molecule has 0 spiro atoms. The minimum atomic E-state index is -0.535. The zero-order chi connectivity index (χ0) is 15.2. The van der Waals surface area contributed by atoms with Crippen LogP contribution in [0, 0.1) is 18.3 Å². The molecule has 108 valence electrons. The summed E-state index contributed by atoms with van der Waals surface area (Å²) in [6, 6.07) is 17.6. The molecule has 2 aromatic carbocycles. The van der Waals surface area contributed by atoms with Gasteiger partial charge < -0.3 is 10.4 Å². The van der Waals surface area contributed by atoms with Crippen LogP contribution in [0.15, 0.2) is 48.5 Å². The summed E-state index contributed by atoms with van der Waals surface area (Å²) in [5.41, 5.74) is 3.79. The predicted octanol–water partition coefficient (Wildman–Crippen LogP) is 3.25. The lowest BCUT2D eigenvalue weighted by Crippen LogP contribution is -2.24. The van der Waals surface area contributed by atoms with Crippen LogP contribution in [0.2, 0.25) is 0 Å². The number of nitriles is 1. The summed E-state index contributed by atoms with van der Waals surface area (Å²) in [5, 5.41) is 22.4. The van der Waals surface area contributed by atoms with Crippen molar-refractivity contribution in [3.05, 3.63) is 70.8 Å². The Kier molecular flexibility index (Phi) is 5.10. The standard InChI is InChI=1S/C18H20N2O/c1-13-6-8-16(9-7-13)18(21)12-20-14(2)17-5-3-4-15(10-17)11-19/h3-10,14,18,20-21H,12H2,1-2H3. The highest BCUT2D eigenvalue weighted by Gasteiger charge is 2.10. The van der Waals surface area contributed by atoms with Gasteiger partial charge in [-0.1, -0.05) is 42.0 Å². The minimum Gasteiger partial charge on any atom is -0.387 e. The predicted molar refractivity (Wildman–Crippen MR) is 83.7 cm³/mol. The fourth-order valence-corrected chi connectivity index (χ4v) is 2.19. The zero-order valence-corrected chi connectivity index (χ0v) is 12.4. The molecule has 2 rings (SSSR count). The van der Waals surface area contributed by atoms with Gasteiger partial charge in [-0.2, -0.15) is 5.26 Å². The van der Waals surface area contributed by atoms with Crippen LogP contribution in [0.4, 0.5) is 0 Å². The van der Waals surface area contributed by atoms with E-state index in [-0.39, 0.29) is 6.04 Å². The van der Waals surface area contributed by atoms with E-state index >= 15 is 0 Å². The Morgan fingerprint density at radius 1 is 1.14 bits per heavy atom. The summed E-state index contributed by atoms with van der Waals surface area (Å²) in [6.45, 7) is 4.53. The first-order valence-corrected chi connectivity index (χ1v) is 7.08. The summed E-state index contributed by atoms with van der Waals surface area (Å²) in [7, 11) is 0. The number of nitrogens with zero attached hydrogens (tertiary/aromatic N) is 1. The molecule has 0 fully saturated rings. The van der Waals surface area contributed by atoms with E-state index in [2.05, 4.69) is 11.4 Å². The van der Waals surface area contributed by atoms with E-state index in [1.807, 2.05) is 56.3 Å². The molecular weight excluding hydrogens is 260 g/mol. The molecule has 21 heavy (non-hydrogen) atoms. The van der Waals surface area contributed by atoms with Crippen molar-refractivity contribution >= 4 is 0 Å². The molecule has 0 radical (unpaired) electrons. The van der Waals surface area contributed by atoms with Crippen molar-refractivity contribution < 1.29 is 5.11 Å². The second-order valence-corrected chi connectivity index (χ2v) is 5.29. The van der Waals surface area contributed by atoms with Crippen molar-refractivity contribution in [2.24, 2.45) is 0 Å². The maximum atomic E-state index is 10.2. The molecule has 0 saturated heterocycles. The van der Waals surface area contributed by atoms with E-state index in [4.69, 9.17) is 5.26 Å². The van der Waals surface area contributed by atoms with Crippen LogP contribution in [0.5, 0.6) is 0 Å². The van der Waals surface area contributed by atoms with Crippen molar-refractivity contribution in [3.8, 4) is 6.07 Å². The van der Waals surface area contributed by atoms with Crippen LogP contribution >= 0.6 is 0 Å². The molecule has 2 atom stereocenters. The van der Waals surface area contributed by atoms with Gasteiger partial charge in [0, 0.05) is 12.6 Å². The van der Waals surface area contributed by atoms with Crippen LogP contribution in [0.25, 0.3) is 0 Å². The highest BCUT2D eigenvalue weighted by Crippen LogP contribution is 2.17. The Morgan fingerprint density at radius 2 is 1.86 bits per heavy atom. The van der Waals surface area contributed by atoms with E-state index in [1.165, 1.54) is 5.56 Å². The van der Waals surface area contributed by atoms with Gasteiger partial charge in [0.1, 0.15) is 0 Å². The Hall–Kier alpha value is -2.15. The van der Waals surface area contributed by atoms with E-state index in [1.54, 1.807) is 6.07 Å². The van der Waals surface area contributed by atoms with Gasteiger partial charge in [-0.3, -0.25) is 0 Å². The number of aliphatic hydroxyl groups is 1. The number of nitrogens with one attached hydrogen (secondary N) is 1. The molecule has 0 aliphatic rings. The average Bonchev–Trinajstić information content (AvgIpc) is 2.53. The number of aryl methyl sites for hydroxylation is 1. The molecule has 2 N–H and O–H groups in total. The molecule has 0 aliphatic heterocycles. The molecular formula is C18H20N2O. The second-order valence-electron chi connectivity index (χ2n) is 5.29. The number of hydrogen-bond acceptors (Lipinski definition) is 3. The Bertz CT molecular complexity index is 628. The fraction of sp³-hybridized carbons (Fsp3) is 0.278. The van der Waals surface area contributed by atoms with E-state index in [9.17, 15) is 5.11 Å². The molecule has 3 heteroatoms. The topological polar surface area (TPSA) is 56.0 Å². The van der Waals surface area contributed by atoms with E-state index in [0.29, 0.717) is 12.1 Å². The molecule has 2 unspecified atom stereocenters. The first-order valence-electron chi connectivity index (χ1n) is 7.08. The number of hydrogen-bond donors (Lipinski definition) is 2. The third kappa shape index (κ3) is 4.16. The maximum absolute atomic E-state index is 10.2. The average molecular weight is 280 g/mol. The number of aliphatic hydroxyl groups excluding tert-OH is 1. The Labute approximate surface area is 125 Å². The SMILES string of the molecule is Cc1ccc(C(O)CNC(C)c2cccc(C#N)c2)cc1. The van der Waals surface area contributed by atoms with Crippen molar-refractivity contribution in [2.75, 3.05) is 6.54 Å². The van der Waals surface area contributed by atoms with Gasteiger partial charge in [-0.05, 0) is 37.1 Å². The van der Waals surface area contributed by atoms with Gasteiger partial charge in [-0.25, -0.2) is 0 Å². The van der Waals surface area contributed by atoms with Gasteiger partial charge in [0.15, 0.2) is 0 Å². The van der Waals surface area contributed by atoms with Gasteiger partial charge in [0.25, 0.3) is 0 Å². The highest BCUT2D eigenvalue weighted by molar-refractivity contribution is 5.34. The summed E-state index contributed by atoms with van der Waals surface area (Å²) >= 11 is 0. The molecule has 0 aromatic heterocycles. The number of benzene rings is 2. The normalized spacial score (nSPS) is 13.4. The lowest BCUT2D eigenvalue weighted by atomic mass is 10.0. The van der Waals surface area contributed by atoms with Crippen LogP contribution in [-0.2, 0) is 0 Å². The zero-order valence-electron chi connectivity index (χ0n) is 12.4. The molecule has 0 saturated carbocycles. The lowest BCUT2D eigenvalue weighted by molar-refractivity contribution is 0.171. The molecule has 2 aromatic rings. The molecule has 0 heterocycles. The van der Waals surface area contributed by atoms with Crippen molar-refractivity contribution in [3.63, 3.8) is 0 Å². The molecule has 3 nitrogen and oxygen atoms in total. The summed E-state index contributed by atoms with van der Waals surface area (Å²) < 4.78 is 0. The van der Waals surface area contributed by atoms with Crippen molar-refractivity contribution in [2.45, 2.75) is 26.0 Å². The van der Waals surface area contributed by atoms with Crippen molar-refractivity contribution in [1.29, 1.82) is 5.26 Å². The summed E-state index contributed by atoms with van der Waals surface area (Å²) in [5.74, 6) is 0. The molecule has 0 bridgehead atoms. The Balaban J connectivity index is 1.95. The summed E-state index contributed by atoms with van der Waals surface area (Å²) in [4.78, 5) is 0. The van der Waals surface area contributed by atoms with Gasteiger partial charge in [-0.15, -0.1) is 0 Å². The summed E-state index contributed by atoms with van der Waals surface area (Å²) in [6.07, 6.45) is -0.535. The number of rotatable bonds is 5. The molecule has 0 amide bonds. The smallest absolute Gasteiger partial charge is 0.0991 e. The van der Waals surface area contributed by atoms with Crippen molar-refractivity contribution in [1.82, 2.24) is 5.32 Å². The van der Waals surface area contributed by atoms with Crippen LogP contribution in [0.3, 0.4) is 0 Å². The first-order chi connectivity index (χ1) is 10.1. The van der Waals surface area contributed by atoms with Gasteiger partial charge in [0.05, 0.1) is 17.7 Å². The quantitative estimate of drug-likeness (QED) is 0.884. The molecule has 0 aliphatic carbocycles. The van der Waals surface area contributed by atoms with E-state index < -0.39 is 6.10 Å². The monoisotopic (exact) mass is 280 g/mol. The van der Waals surface area contributed by atoms with Crippen LogP contribution < -0.4 is 5.32 Å². The van der Waals surface area contributed by atoms with E-state index in [0.717, 1.165) is 11.1 Å². The first kappa shape index (κ1) is 15.2. The third-order valence-electron chi connectivity index (χ3n) is 3.60.